The van der Waals surface area contributed by atoms with Crippen LogP contribution in [0.5, 0.6) is 5.75 Å². The van der Waals surface area contributed by atoms with Gasteiger partial charge in [-0.3, -0.25) is 0 Å². The molecule has 1 saturated carbocycles. The average Bonchev–Trinajstić information content (AvgIpc) is 2.98. The molecule has 0 aliphatic heterocycles. The number of aliphatic hydroxyl groups excluding tert-OH is 1. The van der Waals surface area contributed by atoms with Crippen LogP contribution in [0.25, 0.3) is 0 Å². The highest BCUT2D eigenvalue weighted by atomic mass is 19.1. The lowest BCUT2D eigenvalue weighted by Crippen LogP contribution is -2.00. The molecule has 0 saturated heterocycles. The summed E-state index contributed by atoms with van der Waals surface area (Å²) in [6.45, 7) is 0.409. The molecule has 0 aromatic heterocycles. The fraction of sp³-hybridized carbons (Fsp3) is 0.455. The normalized spacial score (nSPS) is 15.6. The van der Waals surface area contributed by atoms with Gasteiger partial charge in [-0.25, -0.2) is 4.39 Å². The van der Waals surface area contributed by atoms with E-state index in [0.717, 1.165) is 0 Å². The summed E-state index contributed by atoms with van der Waals surface area (Å²) < 4.78 is 18.5. The molecule has 14 heavy (non-hydrogen) atoms. The number of aliphatic hydroxyl groups is 1. The minimum absolute atomic E-state index is 0.269. The molecule has 0 radical (unpaired) electrons. The van der Waals surface area contributed by atoms with E-state index in [0.29, 0.717) is 23.8 Å². The lowest BCUT2D eigenvalue weighted by atomic mass is 10.2. The smallest absolute Gasteiger partial charge is 0.132 e. The van der Waals surface area contributed by atoms with Gasteiger partial charge in [0.2, 0.25) is 0 Å². The number of hydrogen-bond donors (Lipinski definition) is 1. The molecule has 2 nitrogen and oxygen atoms in total. The van der Waals surface area contributed by atoms with Gasteiger partial charge < -0.3 is 9.84 Å². The molecule has 1 aromatic rings. The zero-order valence-corrected chi connectivity index (χ0v) is 7.87. The molecule has 0 bridgehead atoms. The first-order chi connectivity index (χ1) is 6.79. The van der Waals surface area contributed by atoms with E-state index in [1.165, 1.54) is 18.9 Å². The Morgan fingerprint density at radius 2 is 2.21 bits per heavy atom. The lowest BCUT2D eigenvalue weighted by Gasteiger charge is -2.06. The standard InChI is InChI=1S/C11H13FO2/c12-11-5-10(4-3-9(11)6-13)14-7-8-1-2-8/h3-5,8,13H,1-2,6-7H2. The molecule has 3 heteroatoms. The Hall–Kier alpha value is -1.09. The number of hydrogen-bond acceptors (Lipinski definition) is 2. The molecule has 0 heterocycles. The van der Waals surface area contributed by atoms with Crippen molar-refractivity contribution >= 4 is 0 Å². The average molecular weight is 196 g/mol. The van der Waals surface area contributed by atoms with Gasteiger partial charge in [0.15, 0.2) is 0 Å². The highest BCUT2D eigenvalue weighted by molar-refractivity contribution is 5.28. The molecular formula is C11H13FO2. The van der Waals surface area contributed by atoms with Crippen molar-refractivity contribution in [2.45, 2.75) is 19.4 Å². The van der Waals surface area contributed by atoms with Gasteiger partial charge in [-0.1, -0.05) is 6.07 Å². The number of halogens is 1. The Labute approximate surface area is 82.3 Å². The van der Waals surface area contributed by atoms with E-state index in [4.69, 9.17) is 9.84 Å². The van der Waals surface area contributed by atoms with Gasteiger partial charge in [-0.15, -0.1) is 0 Å². The second-order valence-corrected chi connectivity index (χ2v) is 3.67. The minimum Gasteiger partial charge on any atom is -0.493 e. The molecule has 2 rings (SSSR count). The maximum Gasteiger partial charge on any atom is 0.132 e. The van der Waals surface area contributed by atoms with Gasteiger partial charge in [-0.05, 0) is 24.8 Å². The van der Waals surface area contributed by atoms with E-state index in [2.05, 4.69) is 0 Å². The first-order valence-corrected chi connectivity index (χ1v) is 4.81. The third-order valence-electron chi connectivity index (χ3n) is 2.38. The second-order valence-electron chi connectivity index (χ2n) is 3.67. The van der Waals surface area contributed by atoms with Gasteiger partial charge in [0, 0.05) is 11.6 Å². The number of rotatable bonds is 4. The molecule has 1 aliphatic carbocycles. The van der Waals surface area contributed by atoms with Crippen LogP contribution in [0.2, 0.25) is 0 Å². The van der Waals surface area contributed by atoms with Crippen molar-refractivity contribution in [1.29, 1.82) is 0 Å². The van der Waals surface area contributed by atoms with Crippen LogP contribution in [-0.4, -0.2) is 11.7 Å². The molecule has 1 N–H and O–H groups in total. The number of ether oxygens (including phenoxy) is 1. The molecular weight excluding hydrogens is 183 g/mol. The fourth-order valence-corrected chi connectivity index (χ4v) is 1.24. The van der Waals surface area contributed by atoms with Gasteiger partial charge in [0.25, 0.3) is 0 Å². The largest absolute Gasteiger partial charge is 0.493 e. The van der Waals surface area contributed by atoms with Gasteiger partial charge in [0.05, 0.1) is 13.2 Å². The van der Waals surface area contributed by atoms with Gasteiger partial charge in [0.1, 0.15) is 11.6 Å². The van der Waals surface area contributed by atoms with Crippen molar-refractivity contribution in [1.82, 2.24) is 0 Å². The van der Waals surface area contributed by atoms with E-state index in [1.807, 2.05) is 0 Å². The maximum atomic E-state index is 13.2. The van der Waals surface area contributed by atoms with Crippen molar-refractivity contribution in [3.8, 4) is 5.75 Å². The quantitative estimate of drug-likeness (QED) is 0.799. The van der Waals surface area contributed by atoms with Crippen LogP contribution in [0.15, 0.2) is 18.2 Å². The topological polar surface area (TPSA) is 29.5 Å². The Kier molecular flexibility index (Phi) is 2.68. The van der Waals surface area contributed by atoms with Crippen LogP contribution >= 0.6 is 0 Å². The Morgan fingerprint density at radius 3 is 2.79 bits per heavy atom. The lowest BCUT2D eigenvalue weighted by molar-refractivity contribution is 0.273. The minimum atomic E-state index is -0.402. The van der Waals surface area contributed by atoms with Crippen LogP contribution in [-0.2, 0) is 6.61 Å². The van der Waals surface area contributed by atoms with Crippen molar-refractivity contribution in [3.05, 3.63) is 29.6 Å². The molecule has 0 unspecified atom stereocenters. The zero-order chi connectivity index (χ0) is 9.97. The van der Waals surface area contributed by atoms with E-state index in [-0.39, 0.29) is 6.61 Å². The Bertz CT molecular complexity index is 321. The SMILES string of the molecule is OCc1ccc(OCC2CC2)cc1F. The summed E-state index contributed by atoms with van der Waals surface area (Å²) in [6, 6.07) is 4.57. The molecule has 0 amide bonds. The summed E-state index contributed by atoms with van der Waals surface area (Å²) in [5, 5.41) is 8.76. The van der Waals surface area contributed by atoms with Crippen molar-refractivity contribution < 1.29 is 14.2 Å². The molecule has 1 fully saturated rings. The first kappa shape index (κ1) is 9.46. The summed E-state index contributed by atoms with van der Waals surface area (Å²) >= 11 is 0. The van der Waals surface area contributed by atoms with E-state index < -0.39 is 5.82 Å². The third-order valence-corrected chi connectivity index (χ3v) is 2.38. The highest BCUT2D eigenvalue weighted by Crippen LogP contribution is 2.29. The Morgan fingerprint density at radius 1 is 1.43 bits per heavy atom. The highest BCUT2D eigenvalue weighted by Gasteiger charge is 2.21. The van der Waals surface area contributed by atoms with Crippen LogP contribution in [0.1, 0.15) is 18.4 Å². The predicted octanol–water partition coefficient (Wildman–Crippen LogP) is 2.11. The molecule has 1 aromatic carbocycles. The summed E-state index contributed by atoms with van der Waals surface area (Å²) in [4.78, 5) is 0. The molecule has 76 valence electrons. The first-order valence-electron chi connectivity index (χ1n) is 4.81. The van der Waals surface area contributed by atoms with Crippen molar-refractivity contribution in [2.75, 3.05) is 6.61 Å². The van der Waals surface area contributed by atoms with Crippen molar-refractivity contribution in [3.63, 3.8) is 0 Å². The third kappa shape index (κ3) is 2.23. The molecule has 0 atom stereocenters. The summed E-state index contributed by atoms with van der Waals surface area (Å²) in [6.07, 6.45) is 2.44. The molecule has 0 spiro atoms. The van der Waals surface area contributed by atoms with E-state index in [1.54, 1.807) is 12.1 Å². The van der Waals surface area contributed by atoms with Crippen LogP contribution in [0.3, 0.4) is 0 Å². The van der Waals surface area contributed by atoms with Crippen LogP contribution in [0.4, 0.5) is 4.39 Å². The van der Waals surface area contributed by atoms with E-state index in [9.17, 15) is 4.39 Å². The maximum absolute atomic E-state index is 13.2. The van der Waals surface area contributed by atoms with Gasteiger partial charge in [-0.2, -0.15) is 0 Å². The van der Waals surface area contributed by atoms with Crippen LogP contribution in [0, 0.1) is 11.7 Å². The monoisotopic (exact) mass is 196 g/mol. The van der Waals surface area contributed by atoms with E-state index >= 15 is 0 Å². The van der Waals surface area contributed by atoms with Gasteiger partial charge >= 0.3 is 0 Å². The summed E-state index contributed by atoms with van der Waals surface area (Å²) in [5.41, 5.74) is 0.309. The molecule has 1 aliphatic rings. The fourth-order valence-electron chi connectivity index (χ4n) is 1.24. The van der Waals surface area contributed by atoms with Crippen LogP contribution < -0.4 is 4.74 Å². The zero-order valence-electron chi connectivity index (χ0n) is 7.87. The predicted molar refractivity (Wildman–Crippen MR) is 50.5 cm³/mol. The number of benzene rings is 1. The van der Waals surface area contributed by atoms with Crippen molar-refractivity contribution in [2.24, 2.45) is 5.92 Å². The summed E-state index contributed by atoms with van der Waals surface area (Å²) in [5.74, 6) is 0.808. The Balaban J connectivity index is 1.99. The second kappa shape index (κ2) is 3.96. The summed E-state index contributed by atoms with van der Waals surface area (Å²) in [7, 11) is 0.